The fourth-order valence-corrected chi connectivity index (χ4v) is 14.2. The summed E-state index contributed by atoms with van der Waals surface area (Å²) in [6, 6.07) is 98.6. The summed E-state index contributed by atoms with van der Waals surface area (Å²) in [5, 5.41) is 0. The van der Waals surface area contributed by atoms with Crippen molar-refractivity contribution < 1.29 is 0 Å². The van der Waals surface area contributed by atoms with Crippen LogP contribution in [-0.4, -0.2) is 0 Å². The summed E-state index contributed by atoms with van der Waals surface area (Å²) < 4.78 is 0. The maximum atomic E-state index is 2.63. The van der Waals surface area contributed by atoms with E-state index in [-0.39, 0.29) is 5.41 Å². The molecule has 1 heteroatoms. The van der Waals surface area contributed by atoms with Gasteiger partial charge in [0, 0.05) is 22.2 Å². The molecule has 4 aliphatic carbocycles. The van der Waals surface area contributed by atoms with Crippen LogP contribution in [0.3, 0.4) is 0 Å². The third kappa shape index (κ3) is 5.22. The number of hydrogen-bond acceptors (Lipinski definition) is 1. The molecule has 0 heterocycles. The molecule has 11 aromatic carbocycles. The van der Waals surface area contributed by atoms with Gasteiger partial charge in [0.2, 0.25) is 0 Å². The Bertz CT molecular complexity index is 3970. The Morgan fingerprint density at radius 1 is 0.264 bits per heavy atom. The second kappa shape index (κ2) is 15.1. The molecule has 0 aliphatic heterocycles. The van der Waals surface area contributed by atoms with Gasteiger partial charge in [0.15, 0.2) is 0 Å². The van der Waals surface area contributed by atoms with E-state index in [0.717, 1.165) is 17.1 Å². The van der Waals surface area contributed by atoms with Gasteiger partial charge in [-0.25, -0.2) is 0 Å². The minimum atomic E-state index is -0.556. The average molecular weight is 916 g/mol. The first-order valence-electron chi connectivity index (χ1n) is 25.4. The van der Waals surface area contributed by atoms with E-state index >= 15 is 0 Å². The van der Waals surface area contributed by atoms with Crippen LogP contribution in [0.1, 0.15) is 69.5 Å². The van der Waals surface area contributed by atoms with Gasteiger partial charge in [0.25, 0.3) is 0 Å². The van der Waals surface area contributed by atoms with Crippen molar-refractivity contribution in [1.29, 1.82) is 0 Å². The van der Waals surface area contributed by atoms with Crippen molar-refractivity contribution in [2.24, 2.45) is 0 Å². The Morgan fingerprint density at radius 3 is 1.22 bits per heavy atom. The van der Waals surface area contributed by atoms with Crippen LogP contribution in [0.15, 0.2) is 261 Å². The first-order chi connectivity index (χ1) is 35.5. The molecule has 0 bridgehead atoms. The highest BCUT2D eigenvalue weighted by Crippen LogP contribution is 2.67. The molecule has 0 radical (unpaired) electrons. The highest BCUT2D eigenvalue weighted by atomic mass is 15.1. The van der Waals surface area contributed by atoms with Crippen molar-refractivity contribution in [2.75, 3.05) is 4.90 Å². The molecular weight excluding hydrogens is 867 g/mol. The number of rotatable bonds is 6. The molecule has 0 saturated carbocycles. The zero-order valence-electron chi connectivity index (χ0n) is 40.3. The van der Waals surface area contributed by atoms with Crippen LogP contribution in [-0.2, 0) is 16.2 Å². The molecule has 0 N–H and O–H groups in total. The van der Waals surface area contributed by atoms with E-state index < -0.39 is 10.8 Å². The number of fused-ring (bicyclic) bond motifs is 16. The maximum Gasteiger partial charge on any atom is 0.0726 e. The molecule has 0 saturated heterocycles. The summed E-state index contributed by atoms with van der Waals surface area (Å²) in [5.41, 5.74) is 28.1. The summed E-state index contributed by atoms with van der Waals surface area (Å²) in [6.45, 7) is 4.76. The minimum Gasteiger partial charge on any atom is -0.309 e. The van der Waals surface area contributed by atoms with Gasteiger partial charge in [-0.2, -0.15) is 0 Å². The first-order valence-corrected chi connectivity index (χ1v) is 25.4. The predicted molar refractivity (Wildman–Crippen MR) is 298 cm³/mol. The van der Waals surface area contributed by atoms with Crippen LogP contribution in [0, 0.1) is 0 Å². The quantitative estimate of drug-likeness (QED) is 0.161. The number of anilines is 3. The third-order valence-corrected chi connectivity index (χ3v) is 17.0. The lowest BCUT2D eigenvalue weighted by molar-refractivity contribution is 0.660. The number of nitrogens with zero attached hydrogens (tertiary/aromatic N) is 1. The van der Waals surface area contributed by atoms with Gasteiger partial charge < -0.3 is 4.90 Å². The molecule has 72 heavy (non-hydrogen) atoms. The minimum absolute atomic E-state index is 0.131. The molecule has 0 amide bonds. The van der Waals surface area contributed by atoms with Gasteiger partial charge in [-0.15, -0.1) is 0 Å². The van der Waals surface area contributed by atoms with Crippen molar-refractivity contribution in [3.05, 3.63) is 316 Å². The van der Waals surface area contributed by atoms with E-state index in [4.69, 9.17) is 0 Å². The largest absolute Gasteiger partial charge is 0.309 e. The van der Waals surface area contributed by atoms with Crippen LogP contribution in [0.2, 0.25) is 0 Å². The van der Waals surface area contributed by atoms with Crippen LogP contribution in [0.25, 0.3) is 55.6 Å². The van der Waals surface area contributed by atoms with E-state index in [0.29, 0.717) is 0 Å². The van der Waals surface area contributed by atoms with E-state index in [1.165, 1.54) is 111 Å². The summed E-state index contributed by atoms with van der Waals surface area (Å²) in [7, 11) is 0. The average Bonchev–Trinajstić information content (AvgIpc) is 4.11. The van der Waals surface area contributed by atoms with Gasteiger partial charge in [-0.1, -0.05) is 250 Å². The molecule has 1 atom stereocenters. The molecule has 1 unspecified atom stereocenters. The predicted octanol–water partition coefficient (Wildman–Crippen LogP) is 17.8. The lowest BCUT2D eigenvalue weighted by Gasteiger charge is -2.35. The Balaban J connectivity index is 1.06. The maximum absolute atomic E-state index is 2.63. The fourth-order valence-electron chi connectivity index (χ4n) is 14.2. The summed E-state index contributed by atoms with van der Waals surface area (Å²) in [6.07, 6.45) is 0. The van der Waals surface area contributed by atoms with Crippen molar-refractivity contribution in [3.63, 3.8) is 0 Å². The van der Waals surface area contributed by atoms with E-state index in [9.17, 15) is 0 Å². The van der Waals surface area contributed by atoms with Gasteiger partial charge in [0.05, 0.1) is 22.2 Å². The molecular formula is C71H49N. The molecule has 338 valence electrons. The molecule has 4 aliphatic rings. The fraction of sp³-hybridized carbons (Fsp3) is 0.0704. The van der Waals surface area contributed by atoms with E-state index in [1.54, 1.807) is 0 Å². The van der Waals surface area contributed by atoms with Crippen molar-refractivity contribution >= 4 is 17.1 Å². The van der Waals surface area contributed by atoms with E-state index in [2.05, 4.69) is 280 Å². The zero-order valence-corrected chi connectivity index (χ0v) is 40.3. The summed E-state index contributed by atoms with van der Waals surface area (Å²) in [5.74, 6) is 0. The van der Waals surface area contributed by atoms with Crippen LogP contribution < -0.4 is 4.90 Å². The highest BCUT2D eigenvalue weighted by Gasteiger charge is 2.54. The second-order valence-corrected chi connectivity index (χ2v) is 20.6. The molecule has 15 rings (SSSR count). The van der Waals surface area contributed by atoms with Crippen molar-refractivity contribution in [1.82, 2.24) is 0 Å². The molecule has 1 spiro atoms. The van der Waals surface area contributed by atoms with Gasteiger partial charge in [-0.05, 0) is 124 Å². The van der Waals surface area contributed by atoms with Crippen LogP contribution in [0.5, 0.6) is 0 Å². The smallest absolute Gasteiger partial charge is 0.0726 e. The Hall–Kier alpha value is -8.78. The molecule has 0 aromatic heterocycles. The van der Waals surface area contributed by atoms with Crippen LogP contribution in [0.4, 0.5) is 17.1 Å². The van der Waals surface area contributed by atoms with E-state index in [1.807, 2.05) is 0 Å². The summed E-state index contributed by atoms with van der Waals surface area (Å²) in [4.78, 5) is 2.63. The SMILES string of the molecule is CC1(C)c2ccccc2-c2cc(N(c3cccc4c3-c3ccccc3C4(c3ccccc3)c3ccccc3)c3cccc4c3-c3ccccc3C43c4ccccc4-c4c(-c5ccccc5)cccc43)ccc21. The number of hydrogen-bond donors (Lipinski definition) is 0. The molecule has 0 fully saturated rings. The standard InChI is InChI=1S/C71H49N/c1-69(2)56-34-16-12-29-51(56)55-45-49(43-44-57(55)69)72(64-41-21-39-62-67(64)53-31-14-17-35-58(53)70(62,47-25-8-4-9-26-47)48-27-10-5-11-28-48)65-42-22-40-63-68(65)54-32-15-19-37-60(54)71(63)59-36-18-13-30-52(59)66-50(33-20-38-61(66)71)46-23-6-3-7-24-46/h3-45H,1-2H3. The molecule has 11 aromatic rings. The summed E-state index contributed by atoms with van der Waals surface area (Å²) >= 11 is 0. The first kappa shape index (κ1) is 41.0. The van der Waals surface area contributed by atoms with Gasteiger partial charge in [0.1, 0.15) is 0 Å². The zero-order chi connectivity index (χ0) is 47.8. The van der Waals surface area contributed by atoms with Gasteiger partial charge in [-0.3, -0.25) is 0 Å². The monoisotopic (exact) mass is 915 g/mol. The highest BCUT2D eigenvalue weighted by molar-refractivity contribution is 6.06. The lowest BCUT2D eigenvalue weighted by atomic mass is 9.68. The van der Waals surface area contributed by atoms with Gasteiger partial charge >= 0.3 is 0 Å². The Morgan fingerprint density at radius 2 is 0.653 bits per heavy atom. The topological polar surface area (TPSA) is 3.24 Å². The lowest BCUT2D eigenvalue weighted by Crippen LogP contribution is -2.28. The van der Waals surface area contributed by atoms with Crippen molar-refractivity contribution in [2.45, 2.75) is 30.1 Å². The third-order valence-electron chi connectivity index (χ3n) is 17.0. The Kier molecular flexibility index (Phi) is 8.62. The second-order valence-electron chi connectivity index (χ2n) is 20.6. The Labute approximate surface area is 422 Å². The molecule has 1 nitrogen and oxygen atoms in total. The van der Waals surface area contributed by atoms with Crippen molar-refractivity contribution in [3.8, 4) is 55.6 Å². The normalized spacial score (nSPS) is 16.2. The number of benzene rings is 11. The van der Waals surface area contributed by atoms with Crippen LogP contribution >= 0.6 is 0 Å².